The molecule has 0 fully saturated rings. The van der Waals surface area contributed by atoms with Gasteiger partial charge in [-0.2, -0.15) is 0 Å². The molecule has 22 heavy (non-hydrogen) atoms. The summed E-state index contributed by atoms with van der Waals surface area (Å²) in [6.07, 6.45) is 6.90. The van der Waals surface area contributed by atoms with E-state index in [4.69, 9.17) is 5.11 Å². The van der Waals surface area contributed by atoms with Gasteiger partial charge in [-0.25, -0.2) is 14.8 Å². The highest BCUT2D eigenvalue weighted by atomic mass is 16.3. The normalized spacial score (nSPS) is 13.4. The van der Waals surface area contributed by atoms with Crippen molar-refractivity contribution in [1.29, 1.82) is 0 Å². The van der Waals surface area contributed by atoms with E-state index in [9.17, 15) is 4.79 Å². The molecule has 2 heterocycles. The van der Waals surface area contributed by atoms with E-state index in [0.29, 0.717) is 6.54 Å². The first kappa shape index (κ1) is 16.0. The van der Waals surface area contributed by atoms with E-state index in [-0.39, 0.29) is 24.6 Å². The van der Waals surface area contributed by atoms with Crippen molar-refractivity contribution < 1.29 is 9.90 Å². The van der Waals surface area contributed by atoms with Crippen molar-refractivity contribution in [2.75, 3.05) is 6.61 Å². The molecule has 2 rings (SSSR count). The summed E-state index contributed by atoms with van der Waals surface area (Å²) >= 11 is 0. The van der Waals surface area contributed by atoms with Crippen molar-refractivity contribution in [2.45, 2.75) is 26.4 Å². The molecule has 7 nitrogen and oxygen atoms in total. The Morgan fingerprint density at radius 2 is 2.23 bits per heavy atom. The highest BCUT2D eigenvalue weighted by molar-refractivity contribution is 5.74. The molecule has 0 spiro atoms. The second kappa shape index (κ2) is 7.56. The highest BCUT2D eigenvalue weighted by Crippen LogP contribution is 2.05. The van der Waals surface area contributed by atoms with E-state index in [1.165, 1.54) is 0 Å². The van der Waals surface area contributed by atoms with Crippen molar-refractivity contribution in [3.05, 3.63) is 42.6 Å². The highest BCUT2D eigenvalue weighted by Gasteiger charge is 2.13. The molecule has 0 bridgehead atoms. The van der Waals surface area contributed by atoms with Crippen LogP contribution < -0.4 is 10.6 Å². The van der Waals surface area contributed by atoms with Gasteiger partial charge in [0.05, 0.1) is 0 Å². The number of imidazole rings is 1. The van der Waals surface area contributed by atoms with Crippen molar-refractivity contribution in [2.24, 2.45) is 5.92 Å². The Morgan fingerprint density at radius 1 is 1.41 bits per heavy atom. The van der Waals surface area contributed by atoms with Crippen LogP contribution in [0.4, 0.5) is 4.79 Å². The summed E-state index contributed by atoms with van der Waals surface area (Å²) in [6, 6.07) is 3.42. The quantitative estimate of drug-likeness (QED) is 0.744. The van der Waals surface area contributed by atoms with Crippen molar-refractivity contribution in [3.63, 3.8) is 0 Å². The maximum Gasteiger partial charge on any atom is 0.315 e. The van der Waals surface area contributed by atoms with Crippen LogP contribution in [-0.2, 0) is 6.54 Å². The van der Waals surface area contributed by atoms with Crippen LogP contribution in [0.2, 0.25) is 0 Å². The maximum absolute atomic E-state index is 11.8. The Labute approximate surface area is 129 Å². The standard InChI is InChI=1S/C15H21N5O2/c1-11(9-21)12(2)19-15(22)18-8-13-3-4-14(17-7-13)20-6-5-16-10-20/h3-7,10-12,21H,8-9H2,1-2H3,(H2,18,19,22). The second-order valence-corrected chi connectivity index (χ2v) is 5.27. The molecule has 2 amide bonds. The lowest BCUT2D eigenvalue weighted by atomic mass is 10.1. The smallest absolute Gasteiger partial charge is 0.315 e. The fraction of sp³-hybridized carbons (Fsp3) is 0.400. The molecule has 2 aromatic heterocycles. The molecular weight excluding hydrogens is 282 g/mol. The minimum absolute atomic E-state index is 0.0156. The van der Waals surface area contributed by atoms with Gasteiger partial charge < -0.3 is 15.7 Å². The minimum atomic E-state index is -0.258. The van der Waals surface area contributed by atoms with Crippen LogP contribution >= 0.6 is 0 Å². The first-order valence-corrected chi connectivity index (χ1v) is 7.18. The van der Waals surface area contributed by atoms with Crippen molar-refractivity contribution in [3.8, 4) is 5.82 Å². The zero-order chi connectivity index (χ0) is 15.9. The maximum atomic E-state index is 11.8. The lowest BCUT2D eigenvalue weighted by molar-refractivity contribution is 0.200. The van der Waals surface area contributed by atoms with Gasteiger partial charge in [-0.05, 0) is 24.5 Å². The number of carbonyl (C=O) groups excluding carboxylic acids is 1. The van der Waals surface area contributed by atoms with E-state index >= 15 is 0 Å². The lowest BCUT2D eigenvalue weighted by Crippen LogP contribution is -2.43. The predicted octanol–water partition coefficient (Wildman–Crippen LogP) is 1.08. The SMILES string of the molecule is CC(CO)C(C)NC(=O)NCc1ccc(-n2ccnc2)nc1. The number of hydrogen-bond donors (Lipinski definition) is 3. The van der Waals surface area contributed by atoms with Crippen molar-refractivity contribution in [1.82, 2.24) is 25.2 Å². The first-order chi connectivity index (χ1) is 10.6. The molecule has 0 saturated carbocycles. The summed E-state index contributed by atoms with van der Waals surface area (Å²) in [5.74, 6) is 0.790. The lowest BCUT2D eigenvalue weighted by Gasteiger charge is -2.19. The summed E-state index contributed by atoms with van der Waals surface area (Å²) < 4.78 is 1.81. The number of aliphatic hydroxyl groups is 1. The number of rotatable bonds is 6. The largest absolute Gasteiger partial charge is 0.396 e. The van der Waals surface area contributed by atoms with E-state index in [1.54, 1.807) is 18.7 Å². The Balaban J connectivity index is 1.83. The first-order valence-electron chi connectivity index (χ1n) is 7.18. The number of aliphatic hydroxyl groups excluding tert-OH is 1. The Morgan fingerprint density at radius 3 is 2.82 bits per heavy atom. The Kier molecular flexibility index (Phi) is 5.48. The summed E-state index contributed by atoms with van der Waals surface area (Å²) in [7, 11) is 0. The molecule has 118 valence electrons. The number of hydrogen-bond acceptors (Lipinski definition) is 4. The molecule has 0 aromatic carbocycles. The topological polar surface area (TPSA) is 92.1 Å². The Hall–Kier alpha value is -2.41. The molecule has 7 heteroatoms. The van der Waals surface area contributed by atoms with Gasteiger partial charge in [0.2, 0.25) is 0 Å². The van der Waals surface area contributed by atoms with Crippen LogP contribution in [0.3, 0.4) is 0 Å². The molecule has 0 aliphatic carbocycles. The second-order valence-electron chi connectivity index (χ2n) is 5.27. The van der Waals surface area contributed by atoms with Gasteiger partial charge in [0, 0.05) is 37.8 Å². The van der Waals surface area contributed by atoms with Crippen LogP contribution in [0.25, 0.3) is 5.82 Å². The summed E-state index contributed by atoms with van der Waals surface area (Å²) in [5, 5.41) is 14.6. The number of pyridine rings is 1. The fourth-order valence-corrected chi connectivity index (χ4v) is 1.81. The molecule has 2 aromatic rings. The van der Waals surface area contributed by atoms with E-state index in [0.717, 1.165) is 11.4 Å². The third kappa shape index (κ3) is 4.29. The van der Waals surface area contributed by atoms with Gasteiger partial charge >= 0.3 is 6.03 Å². The van der Waals surface area contributed by atoms with Gasteiger partial charge in [-0.1, -0.05) is 13.0 Å². The number of aromatic nitrogens is 3. The molecule has 0 aliphatic rings. The number of amides is 2. The summed E-state index contributed by atoms with van der Waals surface area (Å²) in [5.41, 5.74) is 0.905. The third-order valence-corrected chi connectivity index (χ3v) is 3.53. The molecule has 0 saturated heterocycles. The summed E-state index contributed by atoms with van der Waals surface area (Å²) in [6.45, 7) is 4.18. The van der Waals surface area contributed by atoms with E-state index in [1.807, 2.05) is 36.7 Å². The van der Waals surface area contributed by atoms with Gasteiger partial charge in [-0.3, -0.25) is 4.57 Å². The fourth-order valence-electron chi connectivity index (χ4n) is 1.81. The summed E-state index contributed by atoms with van der Waals surface area (Å²) in [4.78, 5) is 20.1. The average Bonchev–Trinajstić information content (AvgIpc) is 3.07. The minimum Gasteiger partial charge on any atom is -0.396 e. The van der Waals surface area contributed by atoms with Crippen molar-refractivity contribution >= 4 is 6.03 Å². The molecule has 0 radical (unpaired) electrons. The zero-order valence-corrected chi connectivity index (χ0v) is 12.7. The monoisotopic (exact) mass is 303 g/mol. The average molecular weight is 303 g/mol. The van der Waals surface area contributed by atoms with Crippen LogP contribution in [-0.4, -0.2) is 38.3 Å². The molecule has 3 N–H and O–H groups in total. The van der Waals surface area contributed by atoms with Gasteiger partial charge in [0.25, 0.3) is 0 Å². The number of carbonyl (C=O) groups is 1. The van der Waals surface area contributed by atoms with Gasteiger partial charge in [0.1, 0.15) is 12.1 Å². The van der Waals surface area contributed by atoms with Crippen LogP contribution in [0.15, 0.2) is 37.1 Å². The molecule has 2 unspecified atom stereocenters. The van der Waals surface area contributed by atoms with Crippen LogP contribution in [0.5, 0.6) is 0 Å². The van der Waals surface area contributed by atoms with E-state index < -0.39 is 0 Å². The number of nitrogens with zero attached hydrogens (tertiary/aromatic N) is 3. The number of nitrogens with one attached hydrogen (secondary N) is 2. The number of urea groups is 1. The van der Waals surface area contributed by atoms with Crippen LogP contribution in [0, 0.1) is 5.92 Å². The van der Waals surface area contributed by atoms with Gasteiger partial charge in [-0.15, -0.1) is 0 Å². The van der Waals surface area contributed by atoms with Gasteiger partial charge in [0.15, 0.2) is 0 Å². The van der Waals surface area contributed by atoms with Crippen LogP contribution in [0.1, 0.15) is 19.4 Å². The Bertz CT molecular complexity index is 582. The van der Waals surface area contributed by atoms with E-state index in [2.05, 4.69) is 20.6 Å². The predicted molar refractivity (Wildman–Crippen MR) is 82.4 cm³/mol. The molecule has 2 atom stereocenters. The zero-order valence-electron chi connectivity index (χ0n) is 12.7. The third-order valence-electron chi connectivity index (χ3n) is 3.53. The molecular formula is C15H21N5O2. The molecule has 0 aliphatic heterocycles.